The van der Waals surface area contributed by atoms with Gasteiger partial charge in [0, 0.05) is 10.8 Å². The Morgan fingerprint density at radius 3 is 2.46 bits per heavy atom. The molecule has 0 radical (unpaired) electrons. The van der Waals surface area contributed by atoms with Crippen molar-refractivity contribution in [2.24, 2.45) is 22.7 Å². The number of carbonyl (C=O) groups is 1. The van der Waals surface area contributed by atoms with Crippen molar-refractivity contribution in [1.29, 1.82) is 0 Å². The van der Waals surface area contributed by atoms with E-state index in [9.17, 15) is 4.79 Å². The van der Waals surface area contributed by atoms with E-state index in [-0.39, 0.29) is 11.4 Å². The Bertz CT molecular complexity index is 918. The molecule has 5 saturated carbocycles. The zero-order chi connectivity index (χ0) is 24.1. The molecular weight excluding hydrogens is 458 g/mol. The van der Waals surface area contributed by atoms with Gasteiger partial charge in [-0.1, -0.05) is 33.1 Å². The van der Waals surface area contributed by atoms with Crippen LogP contribution in [-0.4, -0.2) is 41.5 Å². The third-order valence-corrected chi connectivity index (χ3v) is 11.0. The van der Waals surface area contributed by atoms with Crippen molar-refractivity contribution in [2.45, 2.75) is 113 Å². The second-order valence-electron chi connectivity index (χ2n) is 13.4. The highest BCUT2D eigenvalue weighted by Crippen LogP contribution is 2.66. The molecule has 4 bridgehead atoms. The Labute approximate surface area is 214 Å². The van der Waals surface area contributed by atoms with Gasteiger partial charge in [-0.15, -0.1) is 11.8 Å². The molecule has 6 nitrogen and oxygen atoms in total. The van der Waals surface area contributed by atoms with Crippen molar-refractivity contribution in [3.8, 4) is 5.88 Å². The van der Waals surface area contributed by atoms with Crippen LogP contribution in [0.25, 0.3) is 0 Å². The summed E-state index contributed by atoms with van der Waals surface area (Å²) >= 11 is 1.78. The highest BCUT2D eigenvalue weighted by molar-refractivity contribution is 8.00. The molecule has 1 aromatic rings. The van der Waals surface area contributed by atoms with Crippen molar-refractivity contribution < 1.29 is 14.1 Å². The number of carbonyl (C=O) groups excluding carboxylic acids is 1. The lowest BCUT2D eigenvalue weighted by Gasteiger charge is -2.65. The lowest BCUT2D eigenvalue weighted by molar-refractivity contribution is -0.114. The fraction of sp³-hybridized carbons (Fsp3) is 0.857. The van der Waals surface area contributed by atoms with Gasteiger partial charge in [-0.05, 0) is 105 Å². The molecule has 2 atom stereocenters. The van der Waals surface area contributed by atoms with Crippen LogP contribution in [0.5, 0.6) is 5.88 Å². The molecule has 1 aromatic heterocycles. The Morgan fingerprint density at radius 2 is 1.77 bits per heavy atom. The van der Waals surface area contributed by atoms with Gasteiger partial charge < -0.3 is 19.9 Å². The maximum Gasteiger partial charge on any atom is 0.291 e. The van der Waals surface area contributed by atoms with Gasteiger partial charge in [0.25, 0.3) is 11.8 Å². The molecule has 0 aromatic carbocycles. The summed E-state index contributed by atoms with van der Waals surface area (Å²) in [5.41, 5.74) is 0.604. The van der Waals surface area contributed by atoms with E-state index in [1.54, 1.807) is 11.8 Å². The molecule has 1 amide bonds. The van der Waals surface area contributed by atoms with Crippen LogP contribution in [0.4, 0.5) is 0 Å². The van der Waals surface area contributed by atoms with Crippen LogP contribution in [0, 0.1) is 22.7 Å². The Kier molecular flexibility index (Phi) is 6.39. The molecule has 2 unspecified atom stereocenters. The molecule has 0 spiro atoms. The first-order valence-electron chi connectivity index (χ1n) is 14.2. The van der Waals surface area contributed by atoms with Gasteiger partial charge in [0.2, 0.25) is 5.76 Å². The quantitative estimate of drug-likeness (QED) is 0.480. The predicted octanol–water partition coefficient (Wildman–Crippen LogP) is 5.96. The van der Waals surface area contributed by atoms with E-state index in [2.05, 4.69) is 29.6 Å². The maximum absolute atomic E-state index is 13.8. The SMILES string of the molecule is CC12CC3CC(C)(C1)CC(NC(=O)c1onc(OCC4CCNCC4)c1SC1CCCCC1)(C3)C2. The first-order valence-corrected chi connectivity index (χ1v) is 15.0. The second kappa shape index (κ2) is 9.27. The van der Waals surface area contributed by atoms with Crippen LogP contribution >= 0.6 is 11.8 Å². The number of amides is 1. The molecule has 35 heavy (non-hydrogen) atoms. The highest BCUT2D eigenvalue weighted by atomic mass is 32.2. The first kappa shape index (κ1) is 24.1. The van der Waals surface area contributed by atoms with Gasteiger partial charge in [-0.3, -0.25) is 4.79 Å². The summed E-state index contributed by atoms with van der Waals surface area (Å²) in [5, 5.41) is 11.8. The van der Waals surface area contributed by atoms with Gasteiger partial charge in [-0.25, -0.2) is 0 Å². The fourth-order valence-electron chi connectivity index (χ4n) is 9.09. The molecule has 1 aliphatic heterocycles. The van der Waals surface area contributed by atoms with E-state index in [0.29, 0.717) is 40.2 Å². The number of nitrogens with zero attached hydrogens (tertiary/aromatic N) is 1. The van der Waals surface area contributed by atoms with Crippen LogP contribution < -0.4 is 15.4 Å². The van der Waals surface area contributed by atoms with Crippen molar-refractivity contribution in [2.75, 3.05) is 19.7 Å². The standard InChI is InChI=1S/C28H43N3O3S/c1-26-12-20-13-27(2,16-26)18-28(14-20,17-26)30-24(32)22-23(35-21-6-4-3-5-7-21)25(31-34-22)33-15-19-8-10-29-11-9-19/h19-21,29H,3-18H2,1-2H3,(H,30,32). The van der Waals surface area contributed by atoms with E-state index in [4.69, 9.17) is 9.26 Å². The van der Waals surface area contributed by atoms with Crippen LogP contribution in [0.15, 0.2) is 9.42 Å². The Morgan fingerprint density at radius 1 is 1.06 bits per heavy atom. The van der Waals surface area contributed by atoms with Gasteiger partial charge in [-0.2, -0.15) is 0 Å². The summed E-state index contributed by atoms with van der Waals surface area (Å²) in [4.78, 5) is 14.6. The predicted molar refractivity (Wildman–Crippen MR) is 138 cm³/mol. The molecule has 6 fully saturated rings. The first-order chi connectivity index (χ1) is 16.8. The summed E-state index contributed by atoms with van der Waals surface area (Å²) in [7, 11) is 0. The van der Waals surface area contributed by atoms with E-state index in [0.717, 1.165) is 56.0 Å². The van der Waals surface area contributed by atoms with E-state index in [1.807, 2.05) is 0 Å². The van der Waals surface area contributed by atoms with E-state index < -0.39 is 0 Å². The number of nitrogens with one attached hydrogen (secondary N) is 2. The minimum absolute atomic E-state index is 0.0818. The lowest BCUT2D eigenvalue weighted by Crippen LogP contribution is -2.65. The average molecular weight is 502 g/mol. The van der Waals surface area contributed by atoms with Gasteiger partial charge >= 0.3 is 0 Å². The number of aromatic nitrogens is 1. The van der Waals surface area contributed by atoms with Crippen LogP contribution in [0.1, 0.15) is 108 Å². The summed E-state index contributed by atoms with van der Waals surface area (Å²) in [6.07, 6.45) is 15.7. The average Bonchev–Trinajstić information content (AvgIpc) is 3.19. The van der Waals surface area contributed by atoms with Gasteiger partial charge in [0.1, 0.15) is 4.90 Å². The molecule has 2 N–H and O–H groups in total. The molecule has 7 rings (SSSR count). The third kappa shape index (κ3) is 5.01. The summed E-state index contributed by atoms with van der Waals surface area (Å²) in [6.45, 7) is 7.64. The van der Waals surface area contributed by atoms with Crippen molar-refractivity contribution in [1.82, 2.24) is 15.8 Å². The van der Waals surface area contributed by atoms with Crippen molar-refractivity contribution in [3.05, 3.63) is 5.76 Å². The van der Waals surface area contributed by atoms with Gasteiger partial charge in [0.15, 0.2) is 0 Å². The molecule has 194 valence electrons. The number of hydrogen-bond donors (Lipinski definition) is 2. The largest absolute Gasteiger partial charge is 0.474 e. The van der Waals surface area contributed by atoms with Crippen molar-refractivity contribution >= 4 is 17.7 Å². The minimum atomic E-state index is -0.102. The molecule has 6 aliphatic rings. The summed E-state index contributed by atoms with van der Waals surface area (Å²) in [6, 6.07) is 0. The highest BCUT2D eigenvalue weighted by Gasteiger charge is 2.60. The van der Waals surface area contributed by atoms with E-state index in [1.165, 1.54) is 51.4 Å². The Hall–Kier alpha value is -1.21. The maximum atomic E-state index is 13.8. The smallest absolute Gasteiger partial charge is 0.291 e. The number of ether oxygens (including phenoxy) is 1. The number of rotatable bonds is 7. The molecule has 2 heterocycles. The van der Waals surface area contributed by atoms with Crippen LogP contribution in [0.3, 0.4) is 0 Å². The number of piperidine rings is 1. The monoisotopic (exact) mass is 501 g/mol. The topological polar surface area (TPSA) is 76.4 Å². The van der Waals surface area contributed by atoms with Crippen LogP contribution in [0.2, 0.25) is 0 Å². The minimum Gasteiger partial charge on any atom is -0.474 e. The zero-order valence-electron chi connectivity index (χ0n) is 21.6. The molecule has 1 saturated heterocycles. The van der Waals surface area contributed by atoms with Crippen LogP contribution in [-0.2, 0) is 0 Å². The van der Waals surface area contributed by atoms with Crippen molar-refractivity contribution in [3.63, 3.8) is 0 Å². The fourth-order valence-corrected chi connectivity index (χ4v) is 10.4. The molecular formula is C28H43N3O3S. The normalized spacial score (nSPS) is 37.5. The van der Waals surface area contributed by atoms with E-state index >= 15 is 0 Å². The number of hydrogen-bond acceptors (Lipinski definition) is 6. The summed E-state index contributed by atoms with van der Waals surface area (Å²) < 4.78 is 12.0. The lowest BCUT2D eigenvalue weighted by atomic mass is 9.43. The second-order valence-corrected chi connectivity index (χ2v) is 14.7. The molecule has 5 aliphatic carbocycles. The Balaban J connectivity index is 1.22. The summed E-state index contributed by atoms with van der Waals surface area (Å²) in [5.74, 6) is 2.10. The zero-order valence-corrected chi connectivity index (χ0v) is 22.4. The number of thioether (sulfide) groups is 1. The third-order valence-electron chi connectivity index (χ3n) is 9.58. The molecule has 7 heteroatoms. The van der Waals surface area contributed by atoms with Gasteiger partial charge in [0.05, 0.1) is 6.61 Å².